The standard InChI is InChI=1S/C12H16ClNO2/c1-12(2,14)7-8-5-10-11(6-9(8)13)16-4-3-15-10/h5-6H,3-4,7,14H2,1-2H3. The molecule has 4 heteroatoms. The molecule has 0 radical (unpaired) electrons. The lowest BCUT2D eigenvalue weighted by Crippen LogP contribution is -2.34. The zero-order valence-corrected chi connectivity index (χ0v) is 10.3. The summed E-state index contributed by atoms with van der Waals surface area (Å²) < 4.78 is 11.0. The lowest BCUT2D eigenvalue weighted by Gasteiger charge is -2.23. The molecule has 2 N–H and O–H groups in total. The fourth-order valence-electron chi connectivity index (χ4n) is 1.73. The van der Waals surface area contributed by atoms with E-state index in [1.807, 2.05) is 19.9 Å². The van der Waals surface area contributed by atoms with E-state index in [4.69, 9.17) is 26.8 Å². The van der Waals surface area contributed by atoms with Crippen LogP contribution in [0.1, 0.15) is 19.4 Å². The quantitative estimate of drug-likeness (QED) is 0.865. The van der Waals surface area contributed by atoms with Crippen molar-refractivity contribution in [1.29, 1.82) is 0 Å². The highest BCUT2D eigenvalue weighted by Gasteiger charge is 2.19. The molecule has 0 aromatic heterocycles. The molecule has 16 heavy (non-hydrogen) atoms. The SMILES string of the molecule is CC(C)(N)Cc1cc2c(cc1Cl)OCCO2. The van der Waals surface area contributed by atoms with Crippen molar-refractivity contribution in [1.82, 2.24) is 0 Å². The van der Waals surface area contributed by atoms with Crippen molar-refractivity contribution >= 4 is 11.6 Å². The molecule has 0 saturated heterocycles. The van der Waals surface area contributed by atoms with Crippen molar-refractivity contribution in [3.63, 3.8) is 0 Å². The minimum absolute atomic E-state index is 0.284. The van der Waals surface area contributed by atoms with Crippen LogP contribution in [0.5, 0.6) is 11.5 Å². The molecule has 0 unspecified atom stereocenters. The maximum absolute atomic E-state index is 6.18. The van der Waals surface area contributed by atoms with Crippen LogP contribution in [-0.2, 0) is 6.42 Å². The van der Waals surface area contributed by atoms with Gasteiger partial charge in [0.05, 0.1) is 0 Å². The first-order chi connectivity index (χ1) is 7.46. The van der Waals surface area contributed by atoms with Crippen LogP contribution < -0.4 is 15.2 Å². The summed E-state index contributed by atoms with van der Waals surface area (Å²) >= 11 is 6.18. The Morgan fingerprint density at radius 1 is 1.25 bits per heavy atom. The van der Waals surface area contributed by atoms with Crippen LogP contribution in [0.4, 0.5) is 0 Å². The molecule has 3 nitrogen and oxygen atoms in total. The van der Waals surface area contributed by atoms with Gasteiger partial charge in [-0.25, -0.2) is 0 Å². The second-order valence-electron chi connectivity index (χ2n) is 4.75. The van der Waals surface area contributed by atoms with Crippen molar-refractivity contribution in [3.8, 4) is 11.5 Å². The molecule has 1 aliphatic heterocycles. The molecule has 88 valence electrons. The first-order valence-electron chi connectivity index (χ1n) is 5.33. The maximum Gasteiger partial charge on any atom is 0.162 e. The summed E-state index contributed by atoms with van der Waals surface area (Å²) in [6, 6.07) is 3.72. The Balaban J connectivity index is 2.32. The molecule has 0 spiro atoms. The van der Waals surface area contributed by atoms with E-state index in [1.54, 1.807) is 6.07 Å². The zero-order chi connectivity index (χ0) is 11.8. The van der Waals surface area contributed by atoms with Crippen LogP contribution in [0.15, 0.2) is 12.1 Å². The number of halogens is 1. The van der Waals surface area contributed by atoms with Gasteiger partial charge >= 0.3 is 0 Å². The molecule has 0 saturated carbocycles. The third kappa shape index (κ3) is 2.60. The molecule has 1 heterocycles. The molecular formula is C12H16ClNO2. The first kappa shape index (κ1) is 11.6. The monoisotopic (exact) mass is 241 g/mol. The highest BCUT2D eigenvalue weighted by molar-refractivity contribution is 6.31. The molecule has 0 atom stereocenters. The van der Waals surface area contributed by atoms with E-state index in [-0.39, 0.29) is 5.54 Å². The van der Waals surface area contributed by atoms with E-state index >= 15 is 0 Å². The normalized spacial score (nSPS) is 15.0. The van der Waals surface area contributed by atoms with Gasteiger partial charge < -0.3 is 15.2 Å². The highest BCUT2D eigenvalue weighted by Crippen LogP contribution is 2.36. The molecule has 1 aromatic carbocycles. The average molecular weight is 242 g/mol. The Bertz CT molecular complexity index is 399. The smallest absolute Gasteiger partial charge is 0.162 e. The summed E-state index contributed by atoms with van der Waals surface area (Å²) in [5.41, 5.74) is 6.70. The van der Waals surface area contributed by atoms with Crippen molar-refractivity contribution in [2.24, 2.45) is 5.73 Å². The van der Waals surface area contributed by atoms with Crippen molar-refractivity contribution in [2.75, 3.05) is 13.2 Å². The number of hydrogen-bond donors (Lipinski definition) is 1. The molecule has 0 fully saturated rings. The van der Waals surface area contributed by atoms with E-state index in [2.05, 4.69) is 0 Å². The molecule has 1 aromatic rings. The van der Waals surface area contributed by atoms with Gasteiger partial charge in [0.2, 0.25) is 0 Å². The topological polar surface area (TPSA) is 44.5 Å². The summed E-state index contributed by atoms with van der Waals surface area (Å²) in [5.74, 6) is 1.48. The zero-order valence-electron chi connectivity index (χ0n) is 9.55. The van der Waals surface area contributed by atoms with E-state index < -0.39 is 0 Å². The molecule has 0 aliphatic carbocycles. The predicted octanol–water partition coefficient (Wildman–Crippen LogP) is 2.39. The number of nitrogens with two attached hydrogens (primary N) is 1. The summed E-state index contributed by atoms with van der Waals surface area (Å²) in [5, 5.41) is 0.683. The summed E-state index contributed by atoms with van der Waals surface area (Å²) in [7, 11) is 0. The Hall–Kier alpha value is -0.930. The van der Waals surface area contributed by atoms with Crippen molar-refractivity contribution in [2.45, 2.75) is 25.8 Å². The van der Waals surface area contributed by atoms with Gasteiger partial charge in [0.15, 0.2) is 11.5 Å². The van der Waals surface area contributed by atoms with Crippen LogP contribution in [0, 0.1) is 0 Å². The molecular weight excluding hydrogens is 226 g/mol. The van der Waals surface area contributed by atoms with Crippen molar-refractivity contribution < 1.29 is 9.47 Å². The fraction of sp³-hybridized carbons (Fsp3) is 0.500. The highest BCUT2D eigenvalue weighted by atomic mass is 35.5. The Kier molecular flexibility index (Phi) is 3.00. The second kappa shape index (κ2) is 4.15. The summed E-state index contributed by atoms with van der Waals surface area (Å²) in [6.07, 6.45) is 0.711. The first-order valence-corrected chi connectivity index (χ1v) is 5.70. The third-order valence-electron chi connectivity index (χ3n) is 2.36. The van der Waals surface area contributed by atoms with Gasteiger partial charge in [-0.2, -0.15) is 0 Å². The lowest BCUT2D eigenvalue weighted by atomic mass is 9.96. The Morgan fingerprint density at radius 3 is 2.38 bits per heavy atom. The second-order valence-corrected chi connectivity index (χ2v) is 5.16. The van der Waals surface area contributed by atoms with E-state index in [0.717, 1.165) is 17.1 Å². The number of hydrogen-bond acceptors (Lipinski definition) is 3. The van der Waals surface area contributed by atoms with Crippen molar-refractivity contribution in [3.05, 3.63) is 22.7 Å². The van der Waals surface area contributed by atoms with Gasteiger partial charge in [0.1, 0.15) is 13.2 Å². The number of rotatable bonds is 2. The number of ether oxygens (including phenoxy) is 2. The van der Waals surface area contributed by atoms with Crippen LogP contribution >= 0.6 is 11.6 Å². The summed E-state index contributed by atoms with van der Waals surface area (Å²) in [4.78, 5) is 0. The predicted molar refractivity (Wildman–Crippen MR) is 64.4 cm³/mol. The van der Waals surface area contributed by atoms with Gasteiger partial charge in [-0.3, -0.25) is 0 Å². The minimum Gasteiger partial charge on any atom is -0.486 e. The Labute approximate surface area is 100 Å². The van der Waals surface area contributed by atoms with Gasteiger partial charge in [-0.1, -0.05) is 11.6 Å². The number of benzene rings is 1. The lowest BCUT2D eigenvalue weighted by molar-refractivity contribution is 0.171. The average Bonchev–Trinajstić information content (AvgIpc) is 2.17. The van der Waals surface area contributed by atoms with Crippen LogP contribution in [-0.4, -0.2) is 18.8 Å². The molecule has 2 rings (SSSR count). The Morgan fingerprint density at radius 2 is 1.81 bits per heavy atom. The summed E-state index contributed by atoms with van der Waals surface area (Å²) in [6.45, 7) is 5.10. The van der Waals surface area contributed by atoms with Gasteiger partial charge in [-0.05, 0) is 31.9 Å². The van der Waals surface area contributed by atoms with Gasteiger partial charge in [-0.15, -0.1) is 0 Å². The molecule has 0 bridgehead atoms. The van der Waals surface area contributed by atoms with E-state index in [0.29, 0.717) is 24.7 Å². The van der Waals surface area contributed by atoms with Crippen LogP contribution in [0.2, 0.25) is 5.02 Å². The largest absolute Gasteiger partial charge is 0.486 e. The van der Waals surface area contributed by atoms with Crippen LogP contribution in [0.25, 0.3) is 0 Å². The van der Waals surface area contributed by atoms with E-state index in [1.165, 1.54) is 0 Å². The fourth-order valence-corrected chi connectivity index (χ4v) is 1.95. The van der Waals surface area contributed by atoms with Crippen LogP contribution in [0.3, 0.4) is 0 Å². The minimum atomic E-state index is -0.284. The number of fused-ring (bicyclic) bond motifs is 1. The maximum atomic E-state index is 6.18. The van der Waals surface area contributed by atoms with E-state index in [9.17, 15) is 0 Å². The van der Waals surface area contributed by atoms with Gasteiger partial charge in [0, 0.05) is 16.6 Å². The van der Waals surface area contributed by atoms with Gasteiger partial charge in [0.25, 0.3) is 0 Å². The molecule has 0 amide bonds. The molecule has 1 aliphatic rings. The third-order valence-corrected chi connectivity index (χ3v) is 2.71.